The summed E-state index contributed by atoms with van der Waals surface area (Å²) in [6.07, 6.45) is 4.88. The fraction of sp³-hybridized carbons (Fsp3) is 0.333. The number of rotatable bonds is 5. The van der Waals surface area contributed by atoms with E-state index in [1.54, 1.807) is 35.5 Å². The molecule has 8 heteroatoms. The molecule has 8 nitrogen and oxygen atoms in total. The van der Waals surface area contributed by atoms with Crippen LogP contribution in [0.15, 0.2) is 53.6 Å². The Bertz CT molecular complexity index is 1060. The van der Waals surface area contributed by atoms with Gasteiger partial charge in [0.25, 0.3) is 5.56 Å². The first-order valence-corrected chi connectivity index (χ1v) is 9.54. The summed E-state index contributed by atoms with van der Waals surface area (Å²) >= 11 is 0. The summed E-state index contributed by atoms with van der Waals surface area (Å²) in [6.45, 7) is 1.03. The van der Waals surface area contributed by atoms with Crippen LogP contribution in [0, 0.1) is 0 Å². The molecule has 4 rings (SSSR count). The molecule has 150 valence electrons. The van der Waals surface area contributed by atoms with Gasteiger partial charge < -0.3 is 14.4 Å². The molecule has 1 aliphatic rings. The first kappa shape index (κ1) is 18.9. The Kier molecular flexibility index (Phi) is 5.41. The van der Waals surface area contributed by atoms with Crippen LogP contribution in [0.5, 0.6) is 11.6 Å². The third-order valence-corrected chi connectivity index (χ3v) is 5.04. The van der Waals surface area contributed by atoms with E-state index in [1.807, 2.05) is 18.2 Å². The number of piperidine rings is 1. The summed E-state index contributed by atoms with van der Waals surface area (Å²) < 4.78 is 12.4. The molecule has 0 spiro atoms. The number of likely N-dealkylation sites (tertiary alicyclic amines) is 1. The van der Waals surface area contributed by atoms with Crippen molar-refractivity contribution in [2.75, 3.05) is 20.2 Å². The van der Waals surface area contributed by atoms with Crippen LogP contribution in [-0.2, 0) is 11.3 Å². The Labute approximate surface area is 167 Å². The van der Waals surface area contributed by atoms with Crippen molar-refractivity contribution in [2.24, 2.45) is 0 Å². The molecule has 0 unspecified atom stereocenters. The van der Waals surface area contributed by atoms with Crippen LogP contribution in [0.2, 0.25) is 0 Å². The predicted octanol–water partition coefficient (Wildman–Crippen LogP) is 1.87. The minimum absolute atomic E-state index is 0.0462. The second kappa shape index (κ2) is 8.30. The summed E-state index contributed by atoms with van der Waals surface area (Å²) in [7, 11) is 1.50. The number of hydrogen-bond acceptors (Lipinski definition) is 6. The SMILES string of the molecule is COc1nn(CC(=O)N2CCC(Oc3cccnc3)CC2)c(=O)c2ccccc12. The maximum Gasteiger partial charge on any atom is 0.275 e. The zero-order valence-corrected chi connectivity index (χ0v) is 16.2. The van der Waals surface area contributed by atoms with Crippen molar-refractivity contribution in [3.05, 3.63) is 59.1 Å². The van der Waals surface area contributed by atoms with Gasteiger partial charge in [-0.25, -0.2) is 4.68 Å². The third-order valence-electron chi connectivity index (χ3n) is 5.04. The Morgan fingerprint density at radius 2 is 1.90 bits per heavy atom. The minimum atomic E-state index is -0.301. The summed E-state index contributed by atoms with van der Waals surface area (Å²) in [5.74, 6) is 0.921. The van der Waals surface area contributed by atoms with Gasteiger partial charge in [0.05, 0.1) is 24.1 Å². The van der Waals surface area contributed by atoms with Crippen molar-refractivity contribution in [3.63, 3.8) is 0 Å². The van der Waals surface area contributed by atoms with Gasteiger partial charge in [-0.1, -0.05) is 12.1 Å². The molecule has 3 heterocycles. The van der Waals surface area contributed by atoms with E-state index in [-0.39, 0.29) is 24.1 Å². The largest absolute Gasteiger partial charge is 0.489 e. The standard InChI is InChI=1S/C21H22N4O4/c1-28-20-17-6-2-3-7-18(17)21(27)25(23-20)14-19(26)24-11-8-15(9-12-24)29-16-5-4-10-22-13-16/h2-7,10,13,15H,8-9,11-12,14H2,1H3. The Balaban J connectivity index is 1.43. The molecule has 1 saturated heterocycles. The second-order valence-electron chi connectivity index (χ2n) is 6.90. The van der Waals surface area contributed by atoms with Gasteiger partial charge >= 0.3 is 0 Å². The van der Waals surface area contributed by atoms with E-state index >= 15 is 0 Å². The smallest absolute Gasteiger partial charge is 0.275 e. The molecule has 0 saturated carbocycles. The van der Waals surface area contributed by atoms with E-state index in [1.165, 1.54) is 11.8 Å². The average molecular weight is 394 g/mol. The van der Waals surface area contributed by atoms with E-state index in [4.69, 9.17) is 9.47 Å². The van der Waals surface area contributed by atoms with Crippen LogP contribution in [0.1, 0.15) is 12.8 Å². The van der Waals surface area contributed by atoms with Crippen LogP contribution in [0.25, 0.3) is 10.8 Å². The van der Waals surface area contributed by atoms with Crippen LogP contribution in [-0.4, -0.2) is 51.9 Å². The maximum atomic E-state index is 12.8. The topological polar surface area (TPSA) is 86.6 Å². The van der Waals surface area contributed by atoms with Crippen molar-refractivity contribution in [3.8, 4) is 11.6 Å². The average Bonchev–Trinajstić information content (AvgIpc) is 2.77. The highest BCUT2D eigenvalue weighted by molar-refractivity contribution is 5.86. The molecule has 0 atom stereocenters. The van der Waals surface area contributed by atoms with Crippen LogP contribution in [0.4, 0.5) is 0 Å². The van der Waals surface area contributed by atoms with Crippen LogP contribution < -0.4 is 15.0 Å². The number of carbonyl (C=O) groups is 1. The van der Waals surface area contributed by atoms with Gasteiger partial charge in [0.2, 0.25) is 11.8 Å². The van der Waals surface area contributed by atoms with Gasteiger partial charge in [-0.05, 0) is 24.3 Å². The Morgan fingerprint density at radius 1 is 1.14 bits per heavy atom. The molecule has 1 aliphatic heterocycles. The van der Waals surface area contributed by atoms with Gasteiger partial charge in [-0.15, -0.1) is 5.10 Å². The lowest BCUT2D eigenvalue weighted by atomic mass is 10.1. The van der Waals surface area contributed by atoms with Crippen molar-refractivity contribution >= 4 is 16.7 Å². The fourth-order valence-corrected chi connectivity index (χ4v) is 3.52. The molecule has 0 radical (unpaired) electrons. The Morgan fingerprint density at radius 3 is 2.59 bits per heavy atom. The second-order valence-corrected chi connectivity index (χ2v) is 6.90. The first-order chi connectivity index (χ1) is 14.2. The van der Waals surface area contributed by atoms with Crippen LogP contribution in [0.3, 0.4) is 0 Å². The van der Waals surface area contributed by atoms with Crippen molar-refractivity contribution < 1.29 is 14.3 Å². The Hall–Kier alpha value is -3.42. The van der Waals surface area contributed by atoms with Crippen molar-refractivity contribution in [1.29, 1.82) is 0 Å². The van der Waals surface area contributed by atoms with Gasteiger partial charge in [0, 0.05) is 32.1 Å². The normalized spacial score (nSPS) is 14.7. The molecule has 1 amide bonds. The zero-order chi connectivity index (χ0) is 20.2. The summed E-state index contributed by atoms with van der Waals surface area (Å²) in [6, 6.07) is 10.8. The predicted molar refractivity (Wildman–Crippen MR) is 107 cm³/mol. The number of benzene rings is 1. The van der Waals surface area contributed by atoms with E-state index < -0.39 is 0 Å². The summed E-state index contributed by atoms with van der Waals surface area (Å²) in [5, 5.41) is 5.35. The number of aromatic nitrogens is 3. The van der Waals surface area contributed by atoms with E-state index in [0.29, 0.717) is 29.7 Å². The van der Waals surface area contributed by atoms with Gasteiger partial charge in [0.15, 0.2) is 0 Å². The first-order valence-electron chi connectivity index (χ1n) is 9.54. The molecular formula is C21H22N4O4. The van der Waals surface area contributed by atoms with Gasteiger partial charge in [0.1, 0.15) is 18.4 Å². The molecule has 29 heavy (non-hydrogen) atoms. The van der Waals surface area contributed by atoms with Gasteiger partial charge in [-0.3, -0.25) is 14.6 Å². The highest BCUT2D eigenvalue weighted by atomic mass is 16.5. The number of pyridine rings is 1. The van der Waals surface area contributed by atoms with Crippen molar-refractivity contribution in [2.45, 2.75) is 25.5 Å². The lowest BCUT2D eigenvalue weighted by Gasteiger charge is -2.32. The number of nitrogens with zero attached hydrogens (tertiary/aromatic N) is 4. The molecule has 2 aromatic heterocycles. The molecule has 0 bridgehead atoms. The zero-order valence-electron chi connectivity index (χ0n) is 16.2. The number of ether oxygens (including phenoxy) is 2. The quantitative estimate of drug-likeness (QED) is 0.657. The van der Waals surface area contributed by atoms with E-state index in [9.17, 15) is 9.59 Å². The number of amides is 1. The molecule has 0 aliphatic carbocycles. The molecular weight excluding hydrogens is 372 g/mol. The van der Waals surface area contributed by atoms with Gasteiger partial charge in [-0.2, -0.15) is 0 Å². The molecule has 3 aromatic rings. The summed E-state index contributed by atoms with van der Waals surface area (Å²) in [5.41, 5.74) is -0.301. The number of fused-ring (bicyclic) bond motifs is 1. The summed E-state index contributed by atoms with van der Waals surface area (Å²) in [4.78, 5) is 31.3. The lowest BCUT2D eigenvalue weighted by molar-refractivity contribution is -0.133. The van der Waals surface area contributed by atoms with Crippen molar-refractivity contribution in [1.82, 2.24) is 19.7 Å². The molecule has 1 fully saturated rings. The monoisotopic (exact) mass is 394 g/mol. The lowest BCUT2D eigenvalue weighted by Crippen LogP contribution is -2.44. The highest BCUT2D eigenvalue weighted by Crippen LogP contribution is 2.20. The van der Waals surface area contributed by atoms with E-state index in [2.05, 4.69) is 10.1 Å². The molecule has 0 N–H and O–H groups in total. The van der Waals surface area contributed by atoms with E-state index in [0.717, 1.165) is 18.6 Å². The minimum Gasteiger partial charge on any atom is -0.489 e. The fourth-order valence-electron chi connectivity index (χ4n) is 3.52. The maximum absolute atomic E-state index is 12.8. The highest BCUT2D eigenvalue weighted by Gasteiger charge is 2.25. The molecule has 1 aromatic carbocycles. The number of methoxy groups -OCH3 is 1. The number of carbonyl (C=O) groups excluding carboxylic acids is 1. The third kappa shape index (κ3) is 4.06. The number of hydrogen-bond donors (Lipinski definition) is 0. The van der Waals surface area contributed by atoms with Crippen LogP contribution >= 0.6 is 0 Å².